The number of nitrogens with zero attached hydrogens (tertiary/aromatic N) is 3. The Kier molecular flexibility index (Phi) is 8.61. The maximum absolute atomic E-state index is 12.9. The Balaban J connectivity index is 1.25. The molecule has 2 aromatic carbocycles. The van der Waals surface area contributed by atoms with E-state index in [1.54, 1.807) is 0 Å². The number of hydrogen-bond acceptors (Lipinski definition) is 6. The third-order valence-corrected chi connectivity index (χ3v) is 6.91. The molecule has 0 saturated carbocycles. The van der Waals surface area contributed by atoms with Gasteiger partial charge < -0.3 is 15.0 Å². The van der Waals surface area contributed by atoms with Crippen molar-refractivity contribution in [2.24, 2.45) is 5.92 Å². The van der Waals surface area contributed by atoms with Crippen molar-refractivity contribution in [1.82, 2.24) is 9.96 Å². The summed E-state index contributed by atoms with van der Waals surface area (Å²) in [6.07, 6.45) is -3.76. The summed E-state index contributed by atoms with van der Waals surface area (Å²) in [5.74, 6) is -1.56. The SMILES string of the molecule is CC1CN(CC(=O)N(O)Cc2ccc(Nc3ccc(N4CCC(C(F)(F)F)CC4)cc3)cc2)CC(C)O1. The van der Waals surface area contributed by atoms with Gasteiger partial charge in [0, 0.05) is 43.2 Å². The van der Waals surface area contributed by atoms with Gasteiger partial charge >= 0.3 is 6.18 Å². The van der Waals surface area contributed by atoms with Crippen molar-refractivity contribution in [3.05, 3.63) is 54.1 Å². The van der Waals surface area contributed by atoms with Gasteiger partial charge in [-0.25, -0.2) is 5.06 Å². The van der Waals surface area contributed by atoms with Gasteiger partial charge in [0.15, 0.2) is 0 Å². The van der Waals surface area contributed by atoms with Crippen LogP contribution in [0.3, 0.4) is 0 Å². The summed E-state index contributed by atoms with van der Waals surface area (Å²) in [5, 5.41) is 14.3. The quantitative estimate of drug-likeness (QED) is 0.394. The van der Waals surface area contributed by atoms with E-state index < -0.39 is 12.1 Å². The van der Waals surface area contributed by atoms with Crippen LogP contribution >= 0.6 is 0 Å². The minimum Gasteiger partial charge on any atom is -0.373 e. The third-order valence-electron chi connectivity index (χ3n) is 6.91. The van der Waals surface area contributed by atoms with Crippen LogP contribution in [0.15, 0.2) is 48.5 Å². The molecule has 2 unspecified atom stereocenters. The van der Waals surface area contributed by atoms with Gasteiger partial charge in [-0.3, -0.25) is 14.9 Å². The second-order valence-corrected chi connectivity index (χ2v) is 10.1. The topological polar surface area (TPSA) is 68.3 Å². The molecular formula is C27H35F3N4O3. The molecule has 4 rings (SSSR count). The average molecular weight is 521 g/mol. The number of hydroxylamine groups is 2. The summed E-state index contributed by atoms with van der Waals surface area (Å²) < 4.78 is 44.4. The average Bonchev–Trinajstić information content (AvgIpc) is 2.84. The Morgan fingerprint density at radius 1 is 1.00 bits per heavy atom. The fraction of sp³-hybridized carbons (Fsp3) is 0.519. The first-order valence-corrected chi connectivity index (χ1v) is 12.7. The highest BCUT2D eigenvalue weighted by molar-refractivity contribution is 5.77. The lowest BCUT2D eigenvalue weighted by Crippen LogP contribution is -2.49. The molecule has 0 aliphatic carbocycles. The first-order valence-electron chi connectivity index (χ1n) is 12.7. The molecule has 0 bridgehead atoms. The smallest absolute Gasteiger partial charge is 0.373 e. The Hall–Kier alpha value is -2.82. The number of ether oxygens (including phenoxy) is 1. The van der Waals surface area contributed by atoms with Gasteiger partial charge in [0.1, 0.15) is 0 Å². The Morgan fingerprint density at radius 2 is 1.54 bits per heavy atom. The first-order chi connectivity index (χ1) is 17.6. The molecule has 0 spiro atoms. The number of halogens is 3. The van der Waals surface area contributed by atoms with Gasteiger partial charge in [0.2, 0.25) is 0 Å². The van der Waals surface area contributed by atoms with E-state index >= 15 is 0 Å². The number of nitrogens with one attached hydrogen (secondary N) is 1. The molecule has 0 radical (unpaired) electrons. The molecular weight excluding hydrogens is 485 g/mol. The Labute approximate surface area is 215 Å². The number of carbonyl (C=O) groups excluding carboxylic acids is 1. The lowest BCUT2D eigenvalue weighted by Gasteiger charge is -2.35. The lowest BCUT2D eigenvalue weighted by atomic mass is 9.96. The van der Waals surface area contributed by atoms with Crippen molar-refractivity contribution in [1.29, 1.82) is 0 Å². The Morgan fingerprint density at radius 3 is 2.08 bits per heavy atom. The molecule has 2 atom stereocenters. The number of morpholine rings is 1. The molecule has 37 heavy (non-hydrogen) atoms. The van der Waals surface area contributed by atoms with Crippen LogP contribution < -0.4 is 10.2 Å². The van der Waals surface area contributed by atoms with Crippen molar-refractivity contribution >= 4 is 23.0 Å². The normalized spacial score (nSPS) is 21.6. The highest BCUT2D eigenvalue weighted by atomic mass is 19.4. The van der Waals surface area contributed by atoms with Crippen LogP contribution in [0.5, 0.6) is 0 Å². The molecule has 1 amide bonds. The number of anilines is 3. The van der Waals surface area contributed by atoms with Crippen LogP contribution in [0.4, 0.5) is 30.2 Å². The summed E-state index contributed by atoms with van der Waals surface area (Å²) in [4.78, 5) is 16.4. The lowest BCUT2D eigenvalue weighted by molar-refractivity contribution is -0.179. The standard InChI is InChI=1S/C27H35F3N4O3/c1-19-15-32(16-20(2)37-19)18-26(35)34(36)17-21-3-5-23(6-4-21)31-24-7-9-25(10-8-24)33-13-11-22(12-14-33)27(28,29)30/h3-10,19-20,22,31,36H,11-18H2,1-2H3. The van der Waals surface area contributed by atoms with Gasteiger partial charge in [-0.2, -0.15) is 13.2 Å². The van der Waals surface area contributed by atoms with Gasteiger partial charge in [0.25, 0.3) is 5.91 Å². The van der Waals surface area contributed by atoms with Crippen LogP contribution in [-0.4, -0.2) is 72.2 Å². The van der Waals surface area contributed by atoms with Crippen molar-refractivity contribution in [2.45, 2.75) is 51.6 Å². The second-order valence-electron chi connectivity index (χ2n) is 10.1. The maximum atomic E-state index is 12.9. The summed E-state index contributed by atoms with van der Waals surface area (Å²) in [6, 6.07) is 15.1. The molecule has 2 aromatic rings. The van der Waals surface area contributed by atoms with Crippen molar-refractivity contribution in [3.8, 4) is 0 Å². The largest absolute Gasteiger partial charge is 0.391 e. The van der Waals surface area contributed by atoms with Crippen LogP contribution in [0.2, 0.25) is 0 Å². The van der Waals surface area contributed by atoms with Crippen LogP contribution in [-0.2, 0) is 16.1 Å². The van der Waals surface area contributed by atoms with Gasteiger partial charge in [0.05, 0.1) is 31.2 Å². The highest BCUT2D eigenvalue weighted by Gasteiger charge is 2.41. The molecule has 10 heteroatoms. The zero-order valence-electron chi connectivity index (χ0n) is 21.2. The zero-order chi connectivity index (χ0) is 26.6. The molecule has 2 aliphatic heterocycles. The molecule has 7 nitrogen and oxygen atoms in total. The van der Waals surface area contributed by atoms with Crippen molar-refractivity contribution in [2.75, 3.05) is 42.9 Å². The summed E-state index contributed by atoms with van der Waals surface area (Å²) in [6.45, 7) is 6.28. The van der Waals surface area contributed by atoms with E-state index in [2.05, 4.69) is 5.32 Å². The minimum absolute atomic E-state index is 0.0516. The van der Waals surface area contributed by atoms with E-state index in [1.165, 1.54) is 0 Å². The van der Waals surface area contributed by atoms with Gasteiger partial charge in [-0.05, 0) is 68.7 Å². The van der Waals surface area contributed by atoms with E-state index in [0.717, 1.165) is 27.7 Å². The molecule has 2 saturated heterocycles. The number of carbonyl (C=O) groups is 1. The number of rotatable bonds is 7. The van der Waals surface area contributed by atoms with Gasteiger partial charge in [-0.1, -0.05) is 12.1 Å². The molecule has 202 valence electrons. The van der Waals surface area contributed by atoms with E-state index in [9.17, 15) is 23.2 Å². The van der Waals surface area contributed by atoms with E-state index in [1.807, 2.05) is 72.2 Å². The molecule has 2 heterocycles. The molecule has 0 aromatic heterocycles. The minimum atomic E-state index is -4.11. The van der Waals surface area contributed by atoms with E-state index in [4.69, 9.17) is 4.74 Å². The molecule has 2 N–H and O–H groups in total. The van der Waals surface area contributed by atoms with Crippen LogP contribution in [0.25, 0.3) is 0 Å². The van der Waals surface area contributed by atoms with Crippen molar-refractivity contribution < 1.29 is 27.9 Å². The fourth-order valence-corrected chi connectivity index (χ4v) is 5.03. The van der Waals surface area contributed by atoms with Crippen LogP contribution in [0, 0.1) is 5.92 Å². The second kappa shape index (κ2) is 11.7. The fourth-order valence-electron chi connectivity index (χ4n) is 5.03. The maximum Gasteiger partial charge on any atom is 0.391 e. The summed E-state index contributed by atoms with van der Waals surface area (Å²) in [5.41, 5.74) is 3.40. The van der Waals surface area contributed by atoms with Crippen molar-refractivity contribution in [3.63, 3.8) is 0 Å². The molecule has 2 aliphatic rings. The first kappa shape index (κ1) is 27.2. The van der Waals surface area contributed by atoms with Crippen LogP contribution in [0.1, 0.15) is 32.3 Å². The summed E-state index contributed by atoms with van der Waals surface area (Å²) in [7, 11) is 0. The number of benzene rings is 2. The number of alkyl halides is 3. The number of hydrogen-bond donors (Lipinski definition) is 2. The highest BCUT2D eigenvalue weighted by Crippen LogP contribution is 2.35. The van der Waals surface area contributed by atoms with Gasteiger partial charge in [-0.15, -0.1) is 0 Å². The number of amides is 1. The number of piperidine rings is 1. The monoisotopic (exact) mass is 520 g/mol. The predicted molar refractivity (Wildman–Crippen MR) is 136 cm³/mol. The third kappa shape index (κ3) is 7.59. The van der Waals surface area contributed by atoms with E-state index in [-0.39, 0.29) is 44.0 Å². The predicted octanol–water partition coefficient (Wildman–Crippen LogP) is 5.04. The molecule has 2 fully saturated rings. The summed E-state index contributed by atoms with van der Waals surface area (Å²) >= 11 is 0. The zero-order valence-corrected chi connectivity index (χ0v) is 21.2. The van der Waals surface area contributed by atoms with E-state index in [0.29, 0.717) is 26.2 Å². The Bertz CT molecular complexity index is 1010.